The number of nitrogens with one attached hydrogen (secondary N) is 2. The average Bonchev–Trinajstić information content (AvgIpc) is 2.85. The van der Waals surface area contributed by atoms with E-state index in [1.165, 1.54) is 0 Å². The Kier molecular flexibility index (Phi) is 3.83. The highest BCUT2D eigenvalue weighted by Gasteiger charge is 2.22. The topological polar surface area (TPSA) is 62.7 Å². The van der Waals surface area contributed by atoms with Crippen LogP contribution in [0.2, 0.25) is 10.0 Å². The number of rotatable bonds is 2. The van der Waals surface area contributed by atoms with Gasteiger partial charge in [0.05, 0.1) is 15.7 Å². The molecule has 1 aliphatic rings. The van der Waals surface area contributed by atoms with Crippen LogP contribution in [0.25, 0.3) is 5.69 Å². The van der Waals surface area contributed by atoms with Crippen LogP contribution in [-0.4, -0.2) is 27.9 Å². The minimum absolute atomic E-state index is 0.253. The van der Waals surface area contributed by atoms with E-state index >= 15 is 0 Å². The fraction of sp³-hybridized carbons (Fsp3) is 0.385. The van der Waals surface area contributed by atoms with Crippen molar-refractivity contribution in [2.24, 2.45) is 0 Å². The average molecular weight is 313 g/mol. The third-order valence-electron chi connectivity index (χ3n) is 3.56. The first kappa shape index (κ1) is 13.7. The number of hydrogen-bond donors (Lipinski definition) is 2. The number of benzene rings is 1. The van der Waals surface area contributed by atoms with Crippen molar-refractivity contribution in [3.8, 4) is 5.69 Å². The summed E-state index contributed by atoms with van der Waals surface area (Å²) in [5.41, 5.74) is 0.434. The van der Waals surface area contributed by atoms with Gasteiger partial charge in [-0.15, -0.1) is 0 Å². The molecule has 2 N–H and O–H groups in total. The standard InChI is InChI=1S/C13H14Cl2N4O/c14-10-2-1-9(7-11(10)15)19-12(17-18-13(19)20)8-3-5-16-6-4-8/h1-2,7-8,16H,3-6H2,(H,18,20). The van der Waals surface area contributed by atoms with E-state index < -0.39 is 0 Å². The van der Waals surface area contributed by atoms with E-state index in [0.29, 0.717) is 15.7 Å². The number of aromatic nitrogens is 3. The minimum atomic E-state index is -0.253. The summed E-state index contributed by atoms with van der Waals surface area (Å²) in [6.07, 6.45) is 1.93. The molecule has 1 aliphatic heterocycles. The van der Waals surface area contributed by atoms with Gasteiger partial charge >= 0.3 is 5.69 Å². The summed E-state index contributed by atoms with van der Waals surface area (Å²) in [6.45, 7) is 1.88. The first-order chi connectivity index (χ1) is 9.66. The normalized spacial score (nSPS) is 16.5. The monoisotopic (exact) mass is 312 g/mol. The third-order valence-corrected chi connectivity index (χ3v) is 4.30. The Morgan fingerprint density at radius 2 is 1.95 bits per heavy atom. The Morgan fingerprint density at radius 1 is 1.20 bits per heavy atom. The molecule has 1 aromatic heterocycles. The summed E-state index contributed by atoms with van der Waals surface area (Å²) >= 11 is 12.0. The maximum atomic E-state index is 12.0. The molecule has 0 unspecified atom stereocenters. The van der Waals surface area contributed by atoms with Gasteiger partial charge in [-0.3, -0.25) is 0 Å². The van der Waals surface area contributed by atoms with E-state index in [1.807, 2.05) is 0 Å². The smallest absolute Gasteiger partial charge is 0.317 e. The van der Waals surface area contributed by atoms with Crippen molar-refractivity contribution in [3.63, 3.8) is 0 Å². The van der Waals surface area contributed by atoms with Crippen molar-refractivity contribution >= 4 is 23.2 Å². The molecule has 0 atom stereocenters. The Hall–Kier alpha value is -1.30. The molecule has 7 heteroatoms. The zero-order valence-corrected chi connectivity index (χ0v) is 12.2. The van der Waals surface area contributed by atoms with Crippen LogP contribution < -0.4 is 11.0 Å². The van der Waals surface area contributed by atoms with Crippen LogP contribution in [0.5, 0.6) is 0 Å². The highest BCUT2D eigenvalue weighted by atomic mass is 35.5. The Morgan fingerprint density at radius 3 is 2.65 bits per heavy atom. The second-order valence-electron chi connectivity index (χ2n) is 4.85. The van der Waals surface area contributed by atoms with Gasteiger partial charge in [0.1, 0.15) is 5.82 Å². The second kappa shape index (κ2) is 5.60. The lowest BCUT2D eigenvalue weighted by atomic mass is 9.97. The van der Waals surface area contributed by atoms with Gasteiger partial charge in [-0.05, 0) is 44.1 Å². The SMILES string of the molecule is O=c1[nH]nc(C2CCNCC2)n1-c1ccc(Cl)c(Cl)c1. The van der Waals surface area contributed by atoms with Gasteiger partial charge in [0.15, 0.2) is 0 Å². The predicted octanol–water partition coefficient (Wildman–Crippen LogP) is 2.33. The number of H-pyrrole nitrogens is 1. The zero-order chi connectivity index (χ0) is 14.1. The van der Waals surface area contributed by atoms with Crippen LogP contribution in [0.4, 0.5) is 0 Å². The molecular weight excluding hydrogens is 299 g/mol. The van der Waals surface area contributed by atoms with Crippen LogP contribution in [0.15, 0.2) is 23.0 Å². The fourth-order valence-corrected chi connectivity index (χ4v) is 2.83. The molecular formula is C13H14Cl2N4O. The van der Waals surface area contributed by atoms with Crippen LogP contribution in [0.1, 0.15) is 24.6 Å². The van der Waals surface area contributed by atoms with Crippen LogP contribution >= 0.6 is 23.2 Å². The van der Waals surface area contributed by atoms with Crippen LogP contribution in [0.3, 0.4) is 0 Å². The largest absolute Gasteiger partial charge is 0.347 e. The van der Waals surface area contributed by atoms with E-state index in [-0.39, 0.29) is 11.6 Å². The first-order valence-corrected chi connectivity index (χ1v) is 7.26. The molecule has 5 nitrogen and oxygen atoms in total. The molecule has 0 bridgehead atoms. The highest BCUT2D eigenvalue weighted by molar-refractivity contribution is 6.42. The van der Waals surface area contributed by atoms with Crippen LogP contribution in [-0.2, 0) is 0 Å². The van der Waals surface area contributed by atoms with Gasteiger partial charge in [0, 0.05) is 5.92 Å². The highest BCUT2D eigenvalue weighted by Crippen LogP contribution is 2.27. The quantitative estimate of drug-likeness (QED) is 0.894. The number of aromatic amines is 1. The summed E-state index contributed by atoms with van der Waals surface area (Å²) in [4.78, 5) is 12.0. The Bertz CT molecular complexity index is 673. The van der Waals surface area contributed by atoms with Crippen molar-refractivity contribution in [1.82, 2.24) is 20.1 Å². The van der Waals surface area contributed by atoms with Crippen molar-refractivity contribution in [2.75, 3.05) is 13.1 Å². The van der Waals surface area contributed by atoms with Gasteiger partial charge < -0.3 is 5.32 Å². The lowest BCUT2D eigenvalue weighted by Crippen LogP contribution is -2.29. The molecule has 3 rings (SSSR count). The van der Waals surface area contributed by atoms with E-state index in [0.717, 1.165) is 31.8 Å². The molecule has 20 heavy (non-hydrogen) atoms. The zero-order valence-electron chi connectivity index (χ0n) is 10.7. The van der Waals surface area contributed by atoms with E-state index in [9.17, 15) is 4.79 Å². The number of hydrogen-bond acceptors (Lipinski definition) is 3. The van der Waals surface area contributed by atoms with Gasteiger partial charge in [0.2, 0.25) is 0 Å². The molecule has 1 aromatic carbocycles. The predicted molar refractivity (Wildman–Crippen MR) is 79.0 cm³/mol. The van der Waals surface area contributed by atoms with Gasteiger partial charge in [-0.1, -0.05) is 23.2 Å². The molecule has 1 saturated heterocycles. The number of piperidine rings is 1. The lowest BCUT2D eigenvalue weighted by Gasteiger charge is -2.22. The summed E-state index contributed by atoms with van der Waals surface area (Å²) in [6, 6.07) is 5.14. The van der Waals surface area contributed by atoms with E-state index in [4.69, 9.17) is 23.2 Å². The number of nitrogens with zero attached hydrogens (tertiary/aromatic N) is 2. The molecule has 1 fully saturated rings. The molecule has 0 amide bonds. The van der Waals surface area contributed by atoms with E-state index in [1.54, 1.807) is 22.8 Å². The van der Waals surface area contributed by atoms with Crippen molar-refractivity contribution in [1.29, 1.82) is 0 Å². The van der Waals surface area contributed by atoms with Crippen molar-refractivity contribution in [3.05, 3.63) is 44.6 Å². The molecule has 0 spiro atoms. The molecule has 0 saturated carbocycles. The Balaban J connectivity index is 2.06. The van der Waals surface area contributed by atoms with Gasteiger partial charge in [-0.2, -0.15) is 5.10 Å². The third kappa shape index (κ3) is 2.49. The fourth-order valence-electron chi connectivity index (χ4n) is 2.54. The van der Waals surface area contributed by atoms with Gasteiger partial charge in [-0.25, -0.2) is 14.5 Å². The van der Waals surface area contributed by atoms with Crippen molar-refractivity contribution in [2.45, 2.75) is 18.8 Å². The molecule has 2 heterocycles. The molecule has 0 aliphatic carbocycles. The molecule has 2 aromatic rings. The summed E-state index contributed by atoms with van der Waals surface area (Å²) in [5.74, 6) is 1.03. The van der Waals surface area contributed by atoms with E-state index in [2.05, 4.69) is 15.5 Å². The van der Waals surface area contributed by atoms with Gasteiger partial charge in [0.25, 0.3) is 0 Å². The first-order valence-electron chi connectivity index (χ1n) is 6.50. The summed E-state index contributed by atoms with van der Waals surface area (Å²) in [7, 11) is 0. The molecule has 0 radical (unpaired) electrons. The maximum Gasteiger partial charge on any atom is 0.347 e. The summed E-state index contributed by atoms with van der Waals surface area (Å²) in [5, 5.41) is 10.9. The number of halogens is 2. The minimum Gasteiger partial charge on any atom is -0.317 e. The second-order valence-corrected chi connectivity index (χ2v) is 5.66. The Labute approximate surface area is 125 Å². The maximum absolute atomic E-state index is 12.0. The van der Waals surface area contributed by atoms with Crippen LogP contribution in [0, 0.1) is 0 Å². The van der Waals surface area contributed by atoms with Crippen molar-refractivity contribution < 1.29 is 0 Å². The molecule has 106 valence electrons. The lowest BCUT2D eigenvalue weighted by molar-refractivity contribution is 0.440. The summed E-state index contributed by atoms with van der Waals surface area (Å²) < 4.78 is 1.58.